The minimum atomic E-state index is -0.989. The van der Waals surface area contributed by atoms with Crippen molar-refractivity contribution in [2.45, 2.75) is 91.3 Å². The van der Waals surface area contributed by atoms with Crippen molar-refractivity contribution in [2.75, 3.05) is 20.2 Å². The lowest BCUT2D eigenvalue weighted by Crippen LogP contribution is -2.52. The molecule has 0 spiro atoms. The molecule has 202 valence electrons. The van der Waals surface area contributed by atoms with E-state index in [1.807, 2.05) is 19.1 Å². The number of esters is 1. The highest BCUT2D eigenvalue weighted by Gasteiger charge is 2.34. The Morgan fingerprint density at radius 2 is 1.61 bits per heavy atom. The number of rotatable bonds is 13. The fourth-order valence-electron chi connectivity index (χ4n) is 3.60. The second-order valence-electron chi connectivity index (χ2n) is 9.92. The van der Waals surface area contributed by atoms with Crippen LogP contribution in [0.2, 0.25) is 0 Å². The van der Waals surface area contributed by atoms with Crippen LogP contribution in [0.5, 0.6) is 0 Å². The van der Waals surface area contributed by atoms with Gasteiger partial charge in [-0.3, -0.25) is 14.4 Å². The average molecular weight is 506 g/mol. The number of unbranched alkanes of at least 4 members (excludes halogenated alkanes) is 4. The number of nitrogens with one attached hydrogen (secondary N) is 2. The van der Waals surface area contributed by atoms with Crippen molar-refractivity contribution in [1.82, 2.24) is 15.5 Å². The van der Waals surface area contributed by atoms with E-state index in [2.05, 4.69) is 22.3 Å². The molecule has 0 aliphatic rings. The fourth-order valence-corrected chi connectivity index (χ4v) is 3.60. The molecule has 0 aliphatic heterocycles. The Bertz CT molecular complexity index is 863. The van der Waals surface area contributed by atoms with Gasteiger partial charge in [-0.15, -0.1) is 0 Å². The molecule has 9 nitrogen and oxygen atoms in total. The number of ether oxygens (including phenoxy) is 2. The molecule has 1 aromatic rings. The van der Waals surface area contributed by atoms with E-state index in [0.29, 0.717) is 18.5 Å². The molecule has 0 saturated heterocycles. The van der Waals surface area contributed by atoms with Gasteiger partial charge in [-0.1, -0.05) is 62.4 Å². The molecule has 1 aromatic carbocycles. The summed E-state index contributed by atoms with van der Waals surface area (Å²) in [5.74, 6) is -1.52. The molecule has 0 fully saturated rings. The zero-order valence-electron chi connectivity index (χ0n) is 22.8. The van der Waals surface area contributed by atoms with Gasteiger partial charge in [-0.05, 0) is 46.6 Å². The van der Waals surface area contributed by atoms with Crippen LogP contribution in [-0.2, 0) is 23.9 Å². The van der Waals surface area contributed by atoms with Gasteiger partial charge in [0.1, 0.15) is 24.2 Å². The Morgan fingerprint density at radius 1 is 1.00 bits per heavy atom. The second-order valence-corrected chi connectivity index (χ2v) is 9.92. The van der Waals surface area contributed by atoms with E-state index in [1.54, 1.807) is 39.8 Å². The second kappa shape index (κ2) is 15.1. The van der Waals surface area contributed by atoms with Crippen LogP contribution in [0, 0.1) is 6.92 Å². The van der Waals surface area contributed by atoms with Crippen molar-refractivity contribution < 1.29 is 28.7 Å². The zero-order chi connectivity index (χ0) is 27.3. The standard InChI is InChI=1S/C27H43N3O6/c1-8-9-10-11-12-17-30(25(33)20(3)29-26(34)36-27(4,5)6)23(21-15-13-19(2)14-16-21)24(32)28-18-22(31)35-7/h13-16,20,23H,8-12,17-18H2,1-7H3,(H,28,32)(H,29,34). The molecule has 0 heterocycles. The summed E-state index contributed by atoms with van der Waals surface area (Å²) in [6.45, 7) is 10.8. The highest BCUT2D eigenvalue weighted by Crippen LogP contribution is 2.24. The Labute approximate surface area is 215 Å². The first-order chi connectivity index (χ1) is 16.9. The zero-order valence-corrected chi connectivity index (χ0v) is 22.8. The van der Waals surface area contributed by atoms with Crippen molar-refractivity contribution in [1.29, 1.82) is 0 Å². The Hall–Kier alpha value is -3.10. The quantitative estimate of drug-likeness (QED) is 0.309. The Balaban J connectivity index is 3.26. The lowest BCUT2D eigenvalue weighted by Gasteiger charge is -2.33. The van der Waals surface area contributed by atoms with Crippen molar-refractivity contribution in [2.24, 2.45) is 0 Å². The highest BCUT2D eigenvalue weighted by molar-refractivity contribution is 5.93. The summed E-state index contributed by atoms with van der Waals surface area (Å²) in [7, 11) is 1.24. The van der Waals surface area contributed by atoms with Crippen molar-refractivity contribution in [3.05, 3.63) is 35.4 Å². The molecule has 0 radical (unpaired) electrons. The summed E-state index contributed by atoms with van der Waals surface area (Å²) in [4.78, 5) is 52.4. The number of nitrogens with zero attached hydrogens (tertiary/aromatic N) is 1. The smallest absolute Gasteiger partial charge is 0.408 e. The number of aryl methyl sites for hydroxylation is 1. The van der Waals surface area contributed by atoms with Crippen molar-refractivity contribution in [3.8, 4) is 0 Å². The van der Waals surface area contributed by atoms with Crippen molar-refractivity contribution in [3.63, 3.8) is 0 Å². The normalized spacial score (nSPS) is 12.8. The van der Waals surface area contributed by atoms with Crippen LogP contribution >= 0.6 is 0 Å². The minimum absolute atomic E-state index is 0.313. The molecular formula is C27H43N3O6. The maximum absolute atomic E-state index is 13.6. The third-order valence-corrected chi connectivity index (χ3v) is 5.48. The summed E-state index contributed by atoms with van der Waals surface area (Å²) >= 11 is 0. The van der Waals surface area contributed by atoms with E-state index in [-0.39, 0.29) is 6.54 Å². The monoisotopic (exact) mass is 505 g/mol. The van der Waals surface area contributed by atoms with Crippen LogP contribution in [0.15, 0.2) is 24.3 Å². The molecule has 36 heavy (non-hydrogen) atoms. The topological polar surface area (TPSA) is 114 Å². The molecule has 0 bridgehead atoms. The average Bonchev–Trinajstić information content (AvgIpc) is 2.80. The lowest BCUT2D eigenvalue weighted by atomic mass is 10.0. The minimum Gasteiger partial charge on any atom is -0.468 e. The number of methoxy groups -OCH3 is 1. The number of hydrogen-bond acceptors (Lipinski definition) is 6. The van der Waals surface area contributed by atoms with Crippen LogP contribution in [-0.4, -0.2) is 60.6 Å². The van der Waals surface area contributed by atoms with E-state index in [0.717, 1.165) is 31.2 Å². The third kappa shape index (κ3) is 11.1. The van der Waals surface area contributed by atoms with Gasteiger partial charge in [-0.25, -0.2) is 4.79 Å². The van der Waals surface area contributed by atoms with E-state index < -0.39 is 41.6 Å². The first kappa shape index (κ1) is 30.9. The summed E-state index contributed by atoms with van der Waals surface area (Å²) in [5.41, 5.74) is 0.892. The predicted molar refractivity (Wildman–Crippen MR) is 138 cm³/mol. The van der Waals surface area contributed by atoms with Gasteiger partial charge in [0.05, 0.1) is 7.11 Å². The Morgan fingerprint density at radius 3 is 2.17 bits per heavy atom. The number of hydrogen-bond donors (Lipinski definition) is 2. The maximum atomic E-state index is 13.6. The van der Waals surface area contributed by atoms with Gasteiger partial charge < -0.3 is 25.0 Å². The molecule has 0 aromatic heterocycles. The molecule has 9 heteroatoms. The van der Waals surface area contributed by atoms with Gasteiger partial charge >= 0.3 is 12.1 Å². The van der Waals surface area contributed by atoms with Gasteiger partial charge in [-0.2, -0.15) is 0 Å². The highest BCUT2D eigenvalue weighted by atomic mass is 16.6. The number of amides is 3. The van der Waals surface area contributed by atoms with Crippen LogP contribution < -0.4 is 10.6 Å². The molecule has 0 saturated carbocycles. The molecule has 0 aliphatic carbocycles. The largest absolute Gasteiger partial charge is 0.468 e. The van der Waals surface area contributed by atoms with E-state index in [4.69, 9.17) is 4.74 Å². The lowest BCUT2D eigenvalue weighted by molar-refractivity contribution is -0.144. The van der Waals surface area contributed by atoms with E-state index >= 15 is 0 Å². The molecule has 2 unspecified atom stereocenters. The van der Waals surface area contributed by atoms with Gasteiger partial charge in [0.25, 0.3) is 0 Å². The first-order valence-corrected chi connectivity index (χ1v) is 12.6. The molecule has 1 rings (SSSR count). The number of benzene rings is 1. The van der Waals surface area contributed by atoms with Crippen LogP contribution in [0.1, 0.15) is 83.9 Å². The first-order valence-electron chi connectivity index (χ1n) is 12.6. The molecule has 2 N–H and O–H groups in total. The molecule has 3 amide bonds. The summed E-state index contributed by atoms with van der Waals surface area (Å²) in [6.07, 6.45) is 4.07. The van der Waals surface area contributed by atoms with E-state index in [9.17, 15) is 19.2 Å². The van der Waals surface area contributed by atoms with Crippen LogP contribution in [0.25, 0.3) is 0 Å². The summed E-state index contributed by atoms with van der Waals surface area (Å²) in [5, 5.41) is 5.17. The maximum Gasteiger partial charge on any atom is 0.408 e. The van der Waals surface area contributed by atoms with Crippen LogP contribution in [0.4, 0.5) is 4.79 Å². The SMILES string of the molecule is CCCCCCCN(C(=O)C(C)NC(=O)OC(C)(C)C)C(C(=O)NCC(=O)OC)c1ccc(C)cc1. The third-order valence-electron chi connectivity index (χ3n) is 5.48. The molecule has 2 atom stereocenters. The van der Waals surface area contributed by atoms with Crippen LogP contribution in [0.3, 0.4) is 0 Å². The fraction of sp³-hybridized carbons (Fsp3) is 0.630. The number of alkyl carbamates (subject to hydrolysis) is 1. The van der Waals surface area contributed by atoms with Gasteiger partial charge in [0, 0.05) is 6.54 Å². The summed E-state index contributed by atoms with van der Waals surface area (Å²) < 4.78 is 9.93. The predicted octanol–water partition coefficient (Wildman–Crippen LogP) is 4.04. The Kier molecular flexibility index (Phi) is 13.0. The van der Waals surface area contributed by atoms with Gasteiger partial charge in [0.15, 0.2) is 0 Å². The van der Waals surface area contributed by atoms with Gasteiger partial charge in [0.2, 0.25) is 11.8 Å². The van der Waals surface area contributed by atoms with E-state index in [1.165, 1.54) is 12.0 Å². The number of carbonyl (C=O) groups excluding carboxylic acids is 4. The number of carbonyl (C=O) groups is 4. The van der Waals surface area contributed by atoms with Crippen molar-refractivity contribution >= 4 is 23.9 Å². The summed E-state index contributed by atoms with van der Waals surface area (Å²) in [6, 6.07) is 5.39. The molecular weight excluding hydrogens is 462 g/mol.